The summed E-state index contributed by atoms with van der Waals surface area (Å²) in [5.41, 5.74) is 8.14. The molecule has 0 saturated carbocycles. The Morgan fingerprint density at radius 3 is 2.60 bits per heavy atom. The number of nitrogens with zero attached hydrogens (tertiary/aromatic N) is 4. The second-order valence-corrected chi connectivity index (χ2v) is 5.63. The van der Waals surface area contributed by atoms with Crippen LogP contribution in [0.3, 0.4) is 0 Å². The van der Waals surface area contributed by atoms with Gasteiger partial charge in [0.25, 0.3) is 0 Å². The van der Waals surface area contributed by atoms with Gasteiger partial charge in [0, 0.05) is 18.8 Å². The minimum Gasteiger partial charge on any atom is -0.409 e. The van der Waals surface area contributed by atoms with Gasteiger partial charge < -0.3 is 15.8 Å². The maximum atomic E-state index is 9.00. The highest BCUT2D eigenvalue weighted by Crippen LogP contribution is 2.24. The molecule has 7 heteroatoms. The van der Waals surface area contributed by atoms with Gasteiger partial charge in [0.05, 0.1) is 11.3 Å². The van der Waals surface area contributed by atoms with E-state index in [1.165, 1.54) is 0 Å². The number of thioether (sulfide) groups is 1. The SMILES string of the molecule is CCC(CSC)N(C)c1nnc(C)c(C)c1C(N)=NO. The van der Waals surface area contributed by atoms with Crippen molar-refractivity contribution in [2.24, 2.45) is 10.9 Å². The lowest BCUT2D eigenvalue weighted by molar-refractivity contribution is 0.318. The van der Waals surface area contributed by atoms with Crippen LogP contribution < -0.4 is 10.6 Å². The van der Waals surface area contributed by atoms with Crippen LogP contribution in [-0.4, -0.2) is 46.3 Å². The van der Waals surface area contributed by atoms with Gasteiger partial charge in [-0.15, -0.1) is 5.10 Å². The molecule has 0 radical (unpaired) electrons. The van der Waals surface area contributed by atoms with Gasteiger partial charge in [-0.1, -0.05) is 12.1 Å². The van der Waals surface area contributed by atoms with Gasteiger partial charge in [0.15, 0.2) is 11.7 Å². The fourth-order valence-electron chi connectivity index (χ4n) is 2.07. The minimum atomic E-state index is 0.0707. The van der Waals surface area contributed by atoms with Gasteiger partial charge in [-0.2, -0.15) is 16.9 Å². The van der Waals surface area contributed by atoms with Gasteiger partial charge in [0.1, 0.15) is 0 Å². The van der Waals surface area contributed by atoms with E-state index in [0.717, 1.165) is 23.4 Å². The average Bonchev–Trinajstić information content (AvgIpc) is 2.45. The average molecular weight is 297 g/mol. The molecule has 0 bridgehead atoms. The van der Waals surface area contributed by atoms with E-state index in [-0.39, 0.29) is 5.84 Å². The molecule has 0 saturated heterocycles. The molecule has 1 atom stereocenters. The van der Waals surface area contributed by atoms with Crippen LogP contribution in [0.15, 0.2) is 5.16 Å². The lowest BCUT2D eigenvalue weighted by atomic mass is 10.1. The molecular weight excluding hydrogens is 274 g/mol. The molecule has 0 fully saturated rings. The van der Waals surface area contributed by atoms with Crippen LogP contribution in [0.5, 0.6) is 0 Å². The van der Waals surface area contributed by atoms with E-state index in [9.17, 15) is 0 Å². The third kappa shape index (κ3) is 3.33. The Hall–Kier alpha value is -1.50. The Morgan fingerprint density at radius 1 is 1.45 bits per heavy atom. The Morgan fingerprint density at radius 2 is 2.10 bits per heavy atom. The molecule has 1 aromatic heterocycles. The third-order valence-electron chi connectivity index (χ3n) is 3.51. The number of anilines is 1. The number of aryl methyl sites for hydroxylation is 1. The number of rotatable bonds is 6. The van der Waals surface area contributed by atoms with Crippen molar-refractivity contribution in [1.29, 1.82) is 0 Å². The van der Waals surface area contributed by atoms with Crippen molar-refractivity contribution in [3.63, 3.8) is 0 Å². The van der Waals surface area contributed by atoms with Crippen molar-refractivity contribution in [3.8, 4) is 0 Å². The van der Waals surface area contributed by atoms with Crippen LogP contribution in [0.4, 0.5) is 5.82 Å². The molecule has 6 nitrogen and oxygen atoms in total. The maximum Gasteiger partial charge on any atom is 0.174 e. The predicted octanol–water partition coefficient (Wildman–Crippen LogP) is 1.77. The molecule has 1 aromatic rings. The minimum absolute atomic E-state index is 0.0707. The molecular formula is C13H23N5OS. The smallest absolute Gasteiger partial charge is 0.174 e. The lowest BCUT2D eigenvalue weighted by Crippen LogP contribution is -2.36. The topological polar surface area (TPSA) is 87.6 Å². The summed E-state index contributed by atoms with van der Waals surface area (Å²) in [5, 5.41) is 20.5. The van der Waals surface area contributed by atoms with Gasteiger partial charge in [-0.25, -0.2) is 0 Å². The van der Waals surface area contributed by atoms with E-state index >= 15 is 0 Å². The molecule has 0 amide bonds. The highest BCUT2D eigenvalue weighted by atomic mass is 32.2. The van der Waals surface area contributed by atoms with Gasteiger partial charge in [0.2, 0.25) is 0 Å². The van der Waals surface area contributed by atoms with Crippen LogP contribution in [0.2, 0.25) is 0 Å². The van der Waals surface area contributed by atoms with Crippen molar-refractivity contribution >= 4 is 23.4 Å². The number of amidine groups is 1. The first kappa shape index (κ1) is 16.6. The van der Waals surface area contributed by atoms with E-state index in [0.29, 0.717) is 17.4 Å². The Kier molecular flexibility index (Phi) is 6.06. The summed E-state index contributed by atoms with van der Waals surface area (Å²) in [6, 6.07) is 0.326. The molecule has 3 N–H and O–H groups in total. The second-order valence-electron chi connectivity index (χ2n) is 4.72. The Labute approximate surface area is 124 Å². The summed E-state index contributed by atoms with van der Waals surface area (Å²) >= 11 is 1.78. The molecule has 112 valence electrons. The van der Waals surface area contributed by atoms with Crippen LogP contribution >= 0.6 is 11.8 Å². The first-order valence-electron chi connectivity index (χ1n) is 6.51. The van der Waals surface area contributed by atoms with Crippen LogP contribution in [0.25, 0.3) is 0 Å². The molecule has 1 rings (SSSR count). The molecule has 1 heterocycles. The fourth-order valence-corrected chi connectivity index (χ4v) is 2.91. The summed E-state index contributed by atoms with van der Waals surface area (Å²) in [7, 11) is 1.97. The van der Waals surface area contributed by atoms with Gasteiger partial charge in [-0.3, -0.25) is 0 Å². The summed E-state index contributed by atoms with van der Waals surface area (Å²) in [6.07, 6.45) is 3.06. The number of hydrogen-bond acceptors (Lipinski definition) is 6. The molecule has 1 unspecified atom stereocenters. The normalized spacial score (nSPS) is 13.3. The highest BCUT2D eigenvalue weighted by molar-refractivity contribution is 7.98. The van der Waals surface area contributed by atoms with Crippen LogP contribution in [0.1, 0.15) is 30.2 Å². The molecule has 20 heavy (non-hydrogen) atoms. The maximum absolute atomic E-state index is 9.00. The van der Waals surface area contributed by atoms with E-state index in [4.69, 9.17) is 10.9 Å². The molecule has 0 aromatic carbocycles. The number of aromatic nitrogens is 2. The first-order chi connectivity index (χ1) is 9.47. The molecule has 0 aliphatic rings. The summed E-state index contributed by atoms with van der Waals surface area (Å²) in [5.74, 6) is 1.71. The van der Waals surface area contributed by atoms with E-state index < -0.39 is 0 Å². The van der Waals surface area contributed by atoms with Crippen LogP contribution in [0, 0.1) is 13.8 Å². The lowest BCUT2D eigenvalue weighted by Gasteiger charge is -2.29. The van der Waals surface area contributed by atoms with Crippen molar-refractivity contribution in [3.05, 3.63) is 16.8 Å². The fraction of sp³-hybridized carbons (Fsp3) is 0.615. The first-order valence-corrected chi connectivity index (χ1v) is 7.90. The molecule has 0 aliphatic heterocycles. The van der Waals surface area contributed by atoms with Crippen molar-refractivity contribution in [1.82, 2.24) is 10.2 Å². The zero-order chi connectivity index (χ0) is 15.3. The summed E-state index contributed by atoms with van der Waals surface area (Å²) in [6.45, 7) is 5.90. The zero-order valence-corrected chi connectivity index (χ0v) is 13.5. The van der Waals surface area contributed by atoms with Crippen LogP contribution in [-0.2, 0) is 0 Å². The number of nitrogens with two attached hydrogens (primary N) is 1. The van der Waals surface area contributed by atoms with Gasteiger partial charge >= 0.3 is 0 Å². The van der Waals surface area contributed by atoms with E-state index in [1.807, 2.05) is 20.9 Å². The van der Waals surface area contributed by atoms with Gasteiger partial charge in [-0.05, 0) is 32.1 Å². The van der Waals surface area contributed by atoms with Crippen molar-refractivity contribution < 1.29 is 5.21 Å². The van der Waals surface area contributed by atoms with E-state index in [1.54, 1.807) is 11.8 Å². The Balaban J connectivity index is 3.33. The third-order valence-corrected chi connectivity index (χ3v) is 4.23. The van der Waals surface area contributed by atoms with Crippen molar-refractivity contribution in [2.75, 3.05) is 24.0 Å². The zero-order valence-electron chi connectivity index (χ0n) is 12.7. The van der Waals surface area contributed by atoms with Crippen molar-refractivity contribution in [2.45, 2.75) is 33.2 Å². The summed E-state index contributed by atoms with van der Waals surface area (Å²) < 4.78 is 0. The number of hydrogen-bond donors (Lipinski definition) is 2. The summed E-state index contributed by atoms with van der Waals surface area (Å²) in [4.78, 5) is 2.06. The number of oxime groups is 1. The quantitative estimate of drug-likeness (QED) is 0.360. The Bertz CT molecular complexity index is 492. The predicted molar refractivity (Wildman–Crippen MR) is 84.9 cm³/mol. The second kappa shape index (κ2) is 7.33. The monoisotopic (exact) mass is 297 g/mol. The highest BCUT2D eigenvalue weighted by Gasteiger charge is 2.22. The van der Waals surface area contributed by atoms with E-state index in [2.05, 4.69) is 33.4 Å². The molecule has 0 spiro atoms. The largest absolute Gasteiger partial charge is 0.409 e. The molecule has 0 aliphatic carbocycles. The standard InChI is InChI=1S/C13H23N5OS/c1-6-10(7-20-5)18(4)13-11(12(14)17-19)8(2)9(3)15-16-13/h10,19H,6-7H2,1-5H3,(H2,14,17).